The van der Waals surface area contributed by atoms with E-state index < -0.39 is 0 Å². The van der Waals surface area contributed by atoms with Crippen molar-refractivity contribution >= 4 is 45.1 Å². The van der Waals surface area contributed by atoms with E-state index in [0.717, 1.165) is 39.4 Å². The highest BCUT2D eigenvalue weighted by molar-refractivity contribution is 7.18. The third-order valence-electron chi connectivity index (χ3n) is 6.19. The first-order chi connectivity index (χ1) is 17.1. The fourth-order valence-electron chi connectivity index (χ4n) is 4.13. The lowest BCUT2D eigenvalue weighted by atomic mass is 10.1. The highest BCUT2D eigenvalue weighted by Crippen LogP contribution is 2.35. The Hall–Kier alpha value is -4.17. The maximum absolute atomic E-state index is 12.6. The molecule has 0 radical (unpaired) electrons. The van der Waals surface area contributed by atoms with Crippen LogP contribution in [0.1, 0.15) is 28.8 Å². The number of para-hydroxylation sites is 2. The lowest BCUT2D eigenvalue weighted by Crippen LogP contribution is -2.13. The predicted octanol–water partition coefficient (Wildman–Crippen LogP) is 5.99. The second-order valence-corrected chi connectivity index (χ2v) is 9.82. The molecule has 35 heavy (non-hydrogen) atoms. The lowest BCUT2D eigenvalue weighted by molar-refractivity contribution is 0.102. The van der Waals surface area contributed by atoms with E-state index in [2.05, 4.69) is 38.3 Å². The highest BCUT2D eigenvalue weighted by Gasteiger charge is 2.23. The molecule has 1 saturated carbocycles. The van der Waals surface area contributed by atoms with Crippen LogP contribution in [-0.4, -0.2) is 20.3 Å². The van der Waals surface area contributed by atoms with Gasteiger partial charge in [0.15, 0.2) is 5.13 Å². The van der Waals surface area contributed by atoms with Gasteiger partial charge in [0.2, 0.25) is 0 Å². The number of nitrogens with zero attached hydrogens (tertiary/aromatic N) is 3. The second-order valence-electron chi connectivity index (χ2n) is 8.79. The third kappa shape index (κ3) is 4.48. The Bertz CT molecular complexity index is 1520. The zero-order valence-corrected chi connectivity index (χ0v) is 19.8. The molecule has 3 heterocycles. The minimum Gasteiger partial charge on any atom is -0.397 e. The summed E-state index contributed by atoms with van der Waals surface area (Å²) < 4.78 is 2.15. The summed E-state index contributed by atoms with van der Waals surface area (Å²) in [6.07, 6.45) is 9.61. The summed E-state index contributed by atoms with van der Waals surface area (Å²) in [6, 6.07) is 18.8. The Kier molecular flexibility index (Phi) is 5.42. The molecule has 7 nitrogen and oxygen atoms in total. The van der Waals surface area contributed by atoms with Crippen LogP contribution < -0.4 is 16.4 Å². The molecule has 0 bridgehead atoms. The van der Waals surface area contributed by atoms with E-state index in [1.165, 1.54) is 18.4 Å². The van der Waals surface area contributed by atoms with Crippen LogP contribution in [-0.2, 0) is 6.42 Å². The molecule has 0 unspecified atom stereocenters. The average Bonchev–Trinajstić information content (AvgIpc) is 3.38. The van der Waals surface area contributed by atoms with E-state index >= 15 is 0 Å². The van der Waals surface area contributed by atoms with Crippen LogP contribution in [0.15, 0.2) is 79.3 Å². The molecule has 2 aromatic carbocycles. The maximum atomic E-state index is 12.6. The van der Waals surface area contributed by atoms with Crippen LogP contribution in [0.4, 0.5) is 22.2 Å². The number of benzene rings is 2. The molecule has 0 spiro atoms. The van der Waals surface area contributed by atoms with E-state index in [1.807, 2.05) is 36.7 Å². The molecular formula is C27H24N6OS. The Labute approximate surface area is 206 Å². The number of thiazole rings is 1. The van der Waals surface area contributed by atoms with Gasteiger partial charge in [0.25, 0.3) is 5.91 Å². The molecule has 3 aromatic heterocycles. The monoisotopic (exact) mass is 480 g/mol. The summed E-state index contributed by atoms with van der Waals surface area (Å²) in [5.41, 5.74) is 11.8. The number of hydrogen-bond donors (Lipinski definition) is 3. The number of nitrogen functional groups attached to an aromatic ring is 1. The van der Waals surface area contributed by atoms with E-state index in [0.29, 0.717) is 16.9 Å². The number of fused-ring (bicyclic) bond motifs is 1. The molecular weight excluding hydrogens is 456 g/mol. The molecule has 8 heteroatoms. The zero-order chi connectivity index (χ0) is 23.8. The van der Waals surface area contributed by atoms with Gasteiger partial charge in [-0.15, -0.1) is 0 Å². The summed E-state index contributed by atoms with van der Waals surface area (Å²) >= 11 is 1.57. The van der Waals surface area contributed by atoms with Gasteiger partial charge in [0, 0.05) is 23.6 Å². The van der Waals surface area contributed by atoms with E-state index in [4.69, 9.17) is 10.7 Å². The first-order valence-electron chi connectivity index (χ1n) is 11.6. The number of anilines is 4. The van der Waals surface area contributed by atoms with Crippen molar-refractivity contribution in [2.24, 2.45) is 5.92 Å². The fourth-order valence-corrected chi connectivity index (χ4v) is 4.97. The molecule has 1 aliphatic carbocycles. The van der Waals surface area contributed by atoms with Crippen LogP contribution in [0.2, 0.25) is 0 Å². The predicted molar refractivity (Wildman–Crippen MR) is 141 cm³/mol. The Morgan fingerprint density at radius 1 is 1.03 bits per heavy atom. The number of pyridine rings is 1. The van der Waals surface area contributed by atoms with Gasteiger partial charge < -0.3 is 16.4 Å². The number of nitrogens with two attached hydrogens (primary N) is 1. The minimum absolute atomic E-state index is 0.209. The van der Waals surface area contributed by atoms with Gasteiger partial charge in [-0.1, -0.05) is 29.5 Å². The average molecular weight is 481 g/mol. The van der Waals surface area contributed by atoms with Crippen LogP contribution in [0.5, 0.6) is 0 Å². The van der Waals surface area contributed by atoms with Crippen molar-refractivity contribution in [3.63, 3.8) is 0 Å². The fraction of sp³-hybridized carbons (Fsp3) is 0.148. The summed E-state index contributed by atoms with van der Waals surface area (Å²) in [4.78, 5) is 22.9. The van der Waals surface area contributed by atoms with Crippen molar-refractivity contribution < 1.29 is 4.79 Å². The van der Waals surface area contributed by atoms with Gasteiger partial charge in [-0.3, -0.25) is 9.20 Å². The standard InChI is InChI=1S/C27H24N6OS/c28-21-5-1-2-6-22(21)32-26(34)18-9-11-20(12-10-18)31-27-30-16-24(35-27)23-15-29-25-19(14-17-7-8-17)4-3-13-33(23)25/h1-6,9-13,15-17H,7-8,14,28H2,(H,30,31)(H,32,34). The normalized spacial score (nSPS) is 13.1. The molecule has 5 aromatic rings. The number of aromatic nitrogens is 3. The summed E-state index contributed by atoms with van der Waals surface area (Å²) in [5, 5.41) is 6.95. The van der Waals surface area contributed by atoms with Gasteiger partial charge in [-0.2, -0.15) is 0 Å². The van der Waals surface area contributed by atoms with Crippen molar-refractivity contribution in [3.05, 3.63) is 90.4 Å². The maximum Gasteiger partial charge on any atom is 0.255 e. The summed E-state index contributed by atoms with van der Waals surface area (Å²) in [7, 11) is 0. The summed E-state index contributed by atoms with van der Waals surface area (Å²) in [6.45, 7) is 0. The van der Waals surface area contributed by atoms with Gasteiger partial charge in [-0.05, 0) is 73.2 Å². The first-order valence-corrected chi connectivity index (χ1v) is 12.4. The van der Waals surface area contributed by atoms with Gasteiger partial charge in [-0.25, -0.2) is 9.97 Å². The molecule has 1 aliphatic rings. The topological polar surface area (TPSA) is 97.3 Å². The number of carbonyl (C=O) groups excluding carboxylic acids is 1. The Balaban J connectivity index is 1.16. The van der Waals surface area contributed by atoms with Gasteiger partial charge >= 0.3 is 0 Å². The molecule has 0 atom stereocenters. The first kappa shape index (κ1) is 21.4. The van der Waals surface area contributed by atoms with Crippen molar-refractivity contribution in [2.45, 2.75) is 19.3 Å². The number of carbonyl (C=O) groups is 1. The molecule has 6 rings (SSSR count). The SMILES string of the molecule is Nc1ccccc1NC(=O)c1ccc(Nc2ncc(-c3cnc4c(CC5CC5)cccn34)s2)cc1. The van der Waals surface area contributed by atoms with Crippen LogP contribution in [0, 0.1) is 5.92 Å². The van der Waals surface area contributed by atoms with Crippen molar-refractivity contribution in [3.8, 4) is 10.6 Å². The largest absolute Gasteiger partial charge is 0.397 e. The molecule has 4 N–H and O–H groups in total. The van der Waals surface area contributed by atoms with Crippen molar-refractivity contribution in [1.29, 1.82) is 0 Å². The molecule has 1 amide bonds. The summed E-state index contributed by atoms with van der Waals surface area (Å²) in [5.74, 6) is 0.606. The Morgan fingerprint density at radius 2 is 1.86 bits per heavy atom. The zero-order valence-electron chi connectivity index (χ0n) is 18.9. The third-order valence-corrected chi connectivity index (χ3v) is 7.12. The number of amides is 1. The van der Waals surface area contributed by atoms with Gasteiger partial charge in [0.05, 0.1) is 28.1 Å². The molecule has 174 valence electrons. The minimum atomic E-state index is -0.209. The smallest absolute Gasteiger partial charge is 0.255 e. The van der Waals surface area contributed by atoms with E-state index in [1.54, 1.807) is 35.6 Å². The highest BCUT2D eigenvalue weighted by atomic mass is 32.1. The number of rotatable bonds is 7. The quantitative estimate of drug-likeness (QED) is 0.249. The van der Waals surface area contributed by atoms with Crippen LogP contribution in [0.3, 0.4) is 0 Å². The Morgan fingerprint density at radius 3 is 2.66 bits per heavy atom. The number of nitrogens with one attached hydrogen (secondary N) is 2. The number of imidazole rings is 1. The van der Waals surface area contributed by atoms with Crippen molar-refractivity contribution in [1.82, 2.24) is 14.4 Å². The number of hydrogen-bond acceptors (Lipinski definition) is 6. The van der Waals surface area contributed by atoms with E-state index in [9.17, 15) is 4.79 Å². The molecule has 0 aliphatic heterocycles. The lowest BCUT2D eigenvalue weighted by Gasteiger charge is -2.08. The van der Waals surface area contributed by atoms with Crippen LogP contribution in [0.25, 0.3) is 16.2 Å². The van der Waals surface area contributed by atoms with Crippen LogP contribution >= 0.6 is 11.3 Å². The molecule has 0 saturated heterocycles. The second kappa shape index (κ2) is 8.88. The van der Waals surface area contributed by atoms with Crippen molar-refractivity contribution in [2.75, 3.05) is 16.4 Å². The van der Waals surface area contributed by atoms with E-state index in [-0.39, 0.29) is 5.91 Å². The van der Waals surface area contributed by atoms with Gasteiger partial charge in [0.1, 0.15) is 5.65 Å². The molecule has 1 fully saturated rings.